The van der Waals surface area contributed by atoms with Gasteiger partial charge in [-0.3, -0.25) is 0 Å². The van der Waals surface area contributed by atoms with E-state index in [1.165, 1.54) is 12.1 Å². The van der Waals surface area contributed by atoms with E-state index in [4.69, 9.17) is 4.42 Å². The summed E-state index contributed by atoms with van der Waals surface area (Å²) in [6.45, 7) is 14.3. The summed E-state index contributed by atoms with van der Waals surface area (Å²) >= 11 is 0. The predicted octanol–water partition coefficient (Wildman–Crippen LogP) is 4.76. The van der Waals surface area contributed by atoms with E-state index >= 15 is 0 Å². The molecule has 0 unspecified atom stereocenters. The summed E-state index contributed by atoms with van der Waals surface area (Å²) in [4.78, 5) is 8.88. The lowest BCUT2D eigenvalue weighted by molar-refractivity contribution is 0.383. The minimum absolute atomic E-state index is 0. The van der Waals surface area contributed by atoms with Crippen LogP contribution in [0.1, 0.15) is 58.8 Å². The Kier molecular flexibility index (Phi) is 8.91. The number of benzene rings is 1. The fourth-order valence-corrected chi connectivity index (χ4v) is 2.53. The maximum absolute atomic E-state index is 13.2. The molecular weight excluding hydrogens is 470 g/mol. The van der Waals surface area contributed by atoms with Crippen molar-refractivity contribution in [3.8, 4) is 0 Å². The zero-order valence-corrected chi connectivity index (χ0v) is 19.9. The first-order valence-electron chi connectivity index (χ1n) is 9.35. The Morgan fingerprint density at radius 2 is 1.75 bits per heavy atom. The number of guanidine groups is 1. The van der Waals surface area contributed by atoms with Gasteiger partial charge in [0.05, 0.1) is 6.20 Å². The zero-order valence-electron chi connectivity index (χ0n) is 17.6. The van der Waals surface area contributed by atoms with Crippen LogP contribution in [0.2, 0.25) is 0 Å². The monoisotopic (exact) mass is 502 g/mol. The van der Waals surface area contributed by atoms with Gasteiger partial charge in [0.25, 0.3) is 0 Å². The Morgan fingerprint density at radius 3 is 2.29 bits per heavy atom. The quantitative estimate of drug-likeness (QED) is 0.340. The van der Waals surface area contributed by atoms with Crippen molar-refractivity contribution >= 4 is 29.9 Å². The number of rotatable bonds is 6. The van der Waals surface area contributed by atoms with Crippen LogP contribution in [0.25, 0.3) is 0 Å². The summed E-state index contributed by atoms with van der Waals surface area (Å²) in [6.07, 6.45) is 1.77. The van der Waals surface area contributed by atoms with Crippen LogP contribution in [0.15, 0.2) is 39.9 Å². The van der Waals surface area contributed by atoms with Gasteiger partial charge in [0.15, 0.2) is 5.96 Å². The summed E-state index contributed by atoms with van der Waals surface area (Å²) in [7, 11) is 0. The molecule has 7 heteroatoms. The molecular formula is C21H32FIN4O. The topological polar surface area (TPSA) is 62.5 Å². The molecule has 0 saturated heterocycles. The number of aliphatic imine (C=N–C) groups is 1. The summed E-state index contributed by atoms with van der Waals surface area (Å²) in [6, 6.07) is 6.63. The lowest BCUT2D eigenvalue weighted by Gasteiger charge is -2.26. The molecule has 1 aromatic heterocycles. The highest BCUT2D eigenvalue weighted by molar-refractivity contribution is 14.0. The molecule has 0 fully saturated rings. The van der Waals surface area contributed by atoms with E-state index in [0.29, 0.717) is 24.9 Å². The van der Waals surface area contributed by atoms with Gasteiger partial charge in [-0.25, -0.2) is 14.4 Å². The fraction of sp³-hybridized carbons (Fsp3) is 0.524. The van der Waals surface area contributed by atoms with E-state index in [9.17, 15) is 4.39 Å². The van der Waals surface area contributed by atoms with Crippen LogP contribution in [0.3, 0.4) is 0 Å². The molecule has 28 heavy (non-hydrogen) atoms. The molecule has 2 rings (SSSR count). The number of aromatic nitrogens is 1. The molecule has 156 valence electrons. The van der Waals surface area contributed by atoms with E-state index in [-0.39, 0.29) is 40.6 Å². The highest BCUT2D eigenvalue weighted by atomic mass is 127. The Morgan fingerprint density at radius 1 is 1.11 bits per heavy atom. The largest absolute Gasteiger partial charge is 0.443 e. The van der Waals surface area contributed by atoms with Gasteiger partial charge < -0.3 is 15.1 Å². The third-order valence-electron chi connectivity index (χ3n) is 4.33. The minimum atomic E-state index is -0.224. The third-order valence-corrected chi connectivity index (χ3v) is 4.33. The van der Waals surface area contributed by atoms with Crippen molar-refractivity contribution in [2.75, 3.05) is 13.1 Å². The average Bonchev–Trinajstić information content (AvgIpc) is 3.07. The van der Waals surface area contributed by atoms with Crippen LogP contribution in [-0.2, 0) is 17.4 Å². The Bertz CT molecular complexity index is 763. The Labute approximate surface area is 184 Å². The predicted molar refractivity (Wildman–Crippen MR) is 123 cm³/mol. The van der Waals surface area contributed by atoms with Gasteiger partial charge in [0.2, 0.25) is 5.89 Å². The summed E-state index contributed by atoms with van der Waals surface area (Å²) < 4.78 is 19.0. The van der Waals surface area contributed by atoms with Gasteiger partial charge in [-0.15, -0.1) is 24.0 Å². The normalized spacial score (nSPS) is 12.5. The second kappa shape index (κ2) is 10.2. The van der Waals surface area contributed by atoms with Gasteiger partial charge in [0.1, 0.15) is 18.1 Å². The second-order valence-electron chi connectivity index (χ2n) is 8.31. The molecule has 0 aliphatic heterocycles. The summed E-state index contributed by atoms with van der Waals surface area (Å²) in [5.74, 6) is 1.92. The van der Waals surface area contributed by atoms with Crippen LogP contribution in [0.4, 0.5) is 4.39 Å². The molecule has 0 radical (unpaired) electrons. The zero-order chi connectivity index (χ0) is 20.1. The van der Waals surface area contributed by atoms with Gasteiger partial charge in [-0.2, -0.15) is 0 Å². The number of hydrogen-bond acceptors (Lipinski definition) is 3. The maximum atomic E-state index is 13.2. The first kappa shape index (κ1) is 24.4. The van der Waals surface area contributed by atoms with Crippen LogP contribution in [0, 0.1) is 5.82 Å². The van der Waals surface area contributed by atoms with Gasteiger partial charge in [-0.1, -0.05) is 46.8 Å². The Hall–Kier alpha value is -1.64. The lowest BCUT2D eigenvalue weighted by Crippen LogP contribution is -2.43. The van der Waals surface area contributed by atoms with Crippen molar-refractivity contribution in [2.24, 2.45) is 4.99 Å². The average molecular weight is 502 g/mol. The van der Waals surface area contributed by atoms with Crippen molar-refractivity contribution in [3.63, 3.8) is 0 Å². The number of oxazole rings is 1. The molecule has 0 amide bonds. The minimum Gasteiger partial charge on any atom is -0.443 e. The van der Waals surface area contributed by atoms with Crippen LogP contribution >= 0.6 is 24.0 Å². The number of nitrogens with zero attached hydrogens (tertiary/aromatic N) is 2. The lowest BCUT2D eigenvalue weighted by atomic mass is 9.84. The molecule has 0 spiro atoms. The van der Waals surface area contributed by atoms with Crippen molar-refractivity contribution < 1.29 is 8.81 Å². The van der Waals surface area contributed by atoms with E-state index in [2.05, 4.69) is 55.2 Å². The van der Waals surface area contributed by atoms with Gasteiger partial charge in [-0.05, 0) is 24.6 Å². The SMILES string of the molecule is CCNC(=NCc1ncc(C(C)(C)C)o1)NCC(C)(C)c1ccc(F)cc1.I. The molecule has 0 atom stereocenters. The fourth-order valence-electron chi connectivity index (χ4n) is 2.53. The molecule has 1 heterocycles. The first-order valence-corrected chi connectivity index (χ1v) is 9.35. The maximum Gasteiger partial charge on any atom is 0.216 e. The molecule has 2 N–H and O–H groups in total. The van der Waals surface area contributed by atoms with Crippen LogP contribution < -0.4 is 10.6 Å². The van der Waals surface area contributed by atoms with Crippen LogP contribution in [0.5, 0.6) is 0 Å². The van der Waals surface area contributed by atoms with Crippen molar-refractivity contribution in [1.29, 1.82) is 0 Å². The second-order valence-corrected chi connectivity index (χ2v) is 8.31. The molecule has 1 aromatic carbocycles. The van der Waals surface area contributed by atoms with Crippen molar-refractivity contribution in [1.82, 2.24) is 15.6 Å². The van der Waals surface area contributed by atoms with E-state index in [0.717, 1.165) is 17.9 Å². The number of halogens is 2. The molecule has 0 saturated carbocycles. The third kappa shape index (κ3) is 7.07. The number of hydrogen-bond donors (Lipinski definition) is 2. The van der Waals surface area contributed by atoms with E-state index in [1.54, 1.807) is 6.20 Å². The first-order chi connectivity index (χ1) is 12.6. The molecule has 0 bridgehead atoms. The molecule has 5 nitrogen and oxygen atoms in total. The number of nitrogens with one attached hydrogen (secondary N) is 2. The molecule has 0 aliphatic rings. The Balaban J connectivity index is 0.00000392. The highest BCUT2D eigenvalue weighted by Crippen LogP contribution is 2.23. The van der Waals surface area contributed by atoms with Crippen molar-refractivity contribution in [2.45, 2.75) is 58.9 Å². The molecule has 0 aliphatic carbocycles. The standard InChI is InChI=1S/C21H31FN4O.HI/c1-7-23-19(25-13-18-24-12-17(27-18)20(2,3)4)26-14-21(5,6)15-8-10-16(22)11-9-15;/h8-12H,7,13-14H2,1-6H3,(H2,23,25,26);1H. The van der Waals surface area contributed by atoms with E-state index < -0.39 is 0 Å². The van der Waals surface area contributed by atoms with E-state index in [1.807, 2.05) is 19.1 Å². The van der Waals surface area contributed by atoms with Crippen molar-refractivity contribution in [3.05, 3.63) is 53.5 Å². The van der Waals surface area contributed by atoms with Crippen LogP contribution in [-0.4, -0.2) is 24.0 Å². The van der Waals surface area contributed by atoms with Gasteiger partial charge >= 0.3 is 0 Å². The summed E-state index contributed by atoms with van der Waals surface area (Å²) in [5.41, 5.74) is 0.818. The smallest absolute Gasteiger partial charge is 0.216 e. The highest BCUT2D eigenvalue weighted by Gasteiger charge is 2.21. The van der Waals surface area contributed by atoms with Gasteiger partial charge in [0, 0.05) is 23.9 Å². The molecule has 2 aromatic rings. The summed E-state index contributed by atoms with van der Waals surface area (Å²) in [5, 5.41) is 6.59.